The summed E-state index contributed by atoms with van der Waals surface area (Å²) in [6, 6.07) is 10.8. The summed E-state index contributed by atoms with van der Waals surface area (Å²) in [6.07, 6.45) is 0.547. The van der Waals surface area contributed by atoms with Crippen LogP contribution in [0.3, 0.4) is 0 Å². The van der Waals surface area contributed by atoms with E-state index in [4.69, 9.17) is 31.9 Å². The second-order valence-electron chi connectivity index (χ2n) is 5.63. The average molecular weight is 426 g/mol. The van der Waals surface area contributed by atoms with Crippen molar-refractivity contribution in [2.24, 2.45) is 11.5 Å². The Morgan fingerprint density at radius 1 is 0.704 bits per heavy atom. The Labute approximate surface area is 166 Å². The maximum absolute atomic E-state index is 10.4. The van der Waals surface area contributed by atoms with Gasteiger partial charge < -0.3 is 31.9 Å². The molecule has 2 aromatic carbocycles. The molecule has 0 saturated heterocycles. The summed E-state index contributed by atoms with van der Waals surface area (Å²) < 4.78 is 0. The molecule has 0 aliphatic rings. The fourth-order valence-corrected chi connectivity index (χ4v) is 1.95. The van der Waals surface area contributed by atoms with Crippen LogP contribution in [-0.2, 0) is 39.5 Å². The van der Waals surface area contributed by atoms with Gasteiger partial charge in [-0.1, -0.05) is 24.3 Å². The number of phenolic OH excluding ortho intramolecular Hbond substituents is 2. The molecule has 8 nitrogen and oxygen atoms in total. The van der Waals surface area contributed by atoms with Crippen LogP contribution in [0.4, 0.5) is 0 Å². The van der Waals surface area contributed by atoms with Crippen LogP contribution in [0.2, 0.25) is 0 Å². The summed E-state index contributed by atoms with van der Waals surface area (Å²) in [5.41, 5.74) is 12.2. The molecule has 0 spiro atoms. The van der Waals surface area contributed by atoms with Gasteiger partial charge in [0.25, 0.3) is 0 Å². The summed E-state index contributed by atoms with van der Waals surface area (Å²) in [4.78, 5) is 20.8. The first-order chi connectivity index (χ1) is 12.2. The van der Waals surface area contributed by atoms with Crippen LogP contribution in [-0.4, -0.2) is 44.4 Å². The summed E-state index contributed by atoms with van der Waals surface area (Å²) >= 11 is 0. The third kappa shape index (κ3) is 9.62. The number of aromatic hydroxyl groups is 2. The molecule has 9 heteroatoms. The third-order valence-electron chi connectivity index (χ3n) is 3.42. The Balaban J connectivity index is 0.000000483. The Hall–Kier alpha value is -2.58. The zero-order valence-electron chi connectivity index (χ0n) is 14.2. The summed E-state index contributed by atoms with van der Waals surface area (Å²) in [5, 5.41) is 35.0. The maximum atomic E-state index is 10.4. The SMILES string of the molecule is NC(Cc1ccc(O)cc1)C(=O)O.NC(Cc1ccc(O)cc1)C(=O)O.[Cu]. The monoisotopic (exact) mass is 425 g/mol. The normalized spacial score (nSPS) is 11.9. The van der Waals surface area contributed by atoms with Crippen LogP contribution in [0.1, 0.15) is 11.1 Å². The molecule has 0 fully saturated rings. The molecule has 8 N–H and O–H groups in total. The van der Waals surface area contributed by atoms with Gasteiger partial charge >= 0.3 is 11.9 Å². The number of carbonyl (C=O) groups is 2. The standard InChI is InChI=1S/2C9H11NO3.Cu/c2*10-8(9(12)13)5-6-1-3-7(11)4-2-6;/h2*1-4,8,11H,5,10H2,(H,12,13);. The minimum absolute atomic E-state index is 0. The largest absolute Gasteiger partial charge is 0.508 e. The maximum Gasteiger partial charge on any atom is 0.320 e. The minimum Gasteiger partial charge on any atom is -0.508 e. The summed E-state index contributed by atoms with van der Waals surface area (Å²) in [5.74, 6) is -1.72. The number of nitrogens with two attached hydrogens (primary N) is 2. The molecular weight excluding hydrogens is 404 g/mol. The fourth-order valence-electron chi connectivity index (χ4n) is 1.95. The first-order valence-electron chi connectivity index (χ1n) is 7.71. The molecule has 0 aliphatic heterocycles. The molecule has 2 rings (SSSR count). The molecule has 0 heterocycles. The van der Waals surface area contributed by atoms with Gasteiger partial charge in [-0.2, -0.15) is 0 Å². The molecule has 0 amide bonds. The Morgan fingerprint density at radius 2 is 0.963 bits per heavy atom. The zero-order chi connectivity index (χ0) is 19.7. The quantitative estimate of drug-likeness (QED) is 0.367. The van der Waals surface area contributed by atoms with Crippen molar-refractivity contribution in [2.45, 2.75) is 24.9 Å². The number of rotatable bonds is 6. The van der Waals surface area contributed by atoms with Gasteiger partial charge in [-0.15, -0.1) is 0 Å². The van der Waals surface area contributed by atoms with Crippen molar-refractivity contribution >= 4 is 11.9 Å². The predicted octanol–water partition coefficient (Wildman–Crippen LogP) is 0.691. The van der Waals surface area contributed by atoms with Crippen molar-refractivity contribution in [1.82, 2.24) is 0 Å². The van der Waals surface area contributed by atoms with Crippen molar-refractivity contribution in [3.63, 3.8) is 0 Å². The molecule has 1 radical (unpaired) electrons. The van der Waals surface area contributed by atoms with E-state index in [0.29, 0.717) is 0 Å². The summed E-state index contributed by atoms with van der Waals surface area (Å²) in [6.45, 7) is 0. The molecule has 0 saturated carbocycles. The van der Waals surface area contributed by atoms with Crippen LogP contribution >= 0.6 is 0 Å². The van der Waals surface area contributed by atoms with E-state index in [-0.39, 0.29) is 41.4 Å². The van der Waals surface area contributed by atoms with Gasteiger partial charge in [0.2, 0.25) is 0 Å². The van der Waals surface area contributed by atoms with Crippen LogP contribution in [0.15, 0.2) is 48.5 Å². The van der Waals surface area contributed by atoms with Gasteiger partial charge in [-0.25, -0.2) is 0 Å². The van der Waals surface area contributed by atoms with Crippen LogP contribution in [0.25, 0.3) is 0 Å². The third-order valence-corrected chi connectivity index (χ3v) is 3.42. The van der Waals surface area contributed by atoms with Crippen LogP contribution in [0, 0.1) is 0 Å². The number of carboxylic acids is 2. The molecule has 0 aromatic heterocycles. The smallest absolute Gasteiger partial charge is 0.320 e. The Bertz CT molecular complexity index is 658. The van der Waals surface area contributed by atoms with Gasteiger partial charge in [-0.3, -0.25) is 9.59 Å². The van der Waals surface area contributed by atoms with E-state index >= 15 is 0 Å². The molecular formula is C18H22CuN2O6. The number of benzene rings is 2. The number of hydrogen-bond acceptors (Lipinski definition) is 6. The van der Waals surface area contributed by atoms with Crippen molar-refractivity contribution in [3.05, 3.63) is 59.7 Å². The minimum atomic E-state index is -1.02. The average Bonchev–Trinajstić information content (AvgIpc) is 2.59. The van der Waals surface area contributed by atoms with E-state index in [1.807, 2.05) is 0 Å². The topological polar surface area (TPSA) is 167 Å². The molecule has 0 aliphatic carbocycles. The van der Waals surface area contributed by atoms with Gasteiger partial charge in [-0.05, 0) is 48.2 Å². The molecule has 151 valence electrons. The summed E-state index contributed by atoms with van der Waals surface area (Å²) in [7, 11) is 0. The Kier molecular flexibility index (Phi) is 10.8. The Morgan fingerprint density at radius 3 is 1.19 bits per heavy atom. The zero-order valence-corrected chi connectivity index (χ0v) is 15.2. The number of phenols is 2. The van der Waals surface area contributed by atoms with Crippen molar-refractivity contribution in [3.8, 4) is 11.5 Å². The second kappa shape index (κ2) is 11.9. The first kappa shape index (κ1) is 24.4. The van der Waals surface area contributed by atoms with Gasteiger partial charge in [0.05, 0.1) is 0 Å². The van der Waals surface area contributed by atoms with E-state index in [2.05, 4.69) is 0 Å². The number of aliphatic carboxylic acids is 2. The molecule has 2 unspecified atom stereocenters. The van der Waals surface area contributed by atoms with Crippen LogP contribution < -0.4 is 11.5 Å². The van der Waals surface area contributed by atoms with Crippen molar-refractivity contribution in [2.75, 3.05) is 0 Å². The molecule has 2 atom stereocenters. The van der Waals surface area contributed by atoms with E-state index in [1.54, 1.807) is 24.3 Å². The van der Waals surface area contributed by atoms with Crippen molar-refractivity contribution < 1.29 is 47.1 Å². The van der Waals surface area contributed by atoms with Gasteiger partial charge in [0, 0.05) is 17.1 Å². The fraction of sp³-hybridized carbons (Fsp3) is 0.222. The van der Waals surface area contributed by atoms with E-state index in [9.17, 15) is 9.59 Å². The number of hydrogen-bond donors (Lipinski definition) is 6. The van der Waals surface area contributed by atoms with E-state index in [0.717, 1.165) is 11.1 Å². The molecule has 27 heavy (non-hydrogen) atoms. The molecule has 0 bridgehead atoms. The van der Waals surface area contributed by atoms with Gasteiger partial charge in [0.15, 0.2) is 0 Å². The van der Waals surface area contributed by atoms with E-state index in [1.165, 1.54) is 24.3 Å². The first-order valence-corrected chi connectivity index (χ1v) is 7.71. The molecule has 2 aromatic rings. The van der Waals surface area contributed by atoms with Crippen LogP contribution in [0.5, 0.6) is 11.5 Å². The van der Waals surface area contributed by atoms with E-state index < -0.39 is 24.0 Å². The number of carboxylic acid groups (broad SMARTS) is 2. The predicted molar refractivity (Wildman–Crippen MR) is 94.8 cm³/mol. The van der Waals surface area contributed by atoms with Crippen molar-refractivity contribution in [1.29, 1.82) is 0 Å². The second-order valence-corrected chi connectivity index (χ2v) is 5.63. The van der Waals surface area contributed by atoms with Gasteiger partial charge in [0.1, 0.15) is 23.6 Å².